The number of fused-ring (bicyclic) bond motifs is 3. The second-order valence-electron chi connectivity index (χ2n) is 8.51. The standard InChI is InChI=1S/C25H30N2O3S/c1-4-5-6-7-19-10-13-23-22(16-19)25-21(24(17-28)26(23)3)14-15-27(25)31(29,30)20-11-8-18(2)9-12-20/h8-13,16,21,24-25,28H,4-5,14-15,17H2,1-3H3/t21-,24+,25-/m0/s1. The van der Waals surface area contributed by atoms with Crippen molar-refractivity contribution in [3.05, 3.63) is 59.2 Å². The smallest absolute Gasteiger partial charge is 0.243 e. The molecule has 0 saturated carbocycles. The van der Waals surface area contributed by atoms with Crippen molar-refractivity contribution in [2.24, 2.45) is 5.92 Å². The van der Waals surface area contributed by atoms with Crippen LogP contribution < -0.4 is 4.90 Å². The monoisotopic (exact) mass is 438 g/mol. The van der Waals surface area contributed by atoms with Crippen LogP contribution in [-0.4, -0.2) is 44.1 Å². The molecular weight excluding hydrogens is 408 g/mol. The number of unbranched alkanes of at least 4 members (excludes halogenated alkanes) is 1. The fourth-order valence-corrected chi connectivity index (χ4v) is 6.56. The van der Waals surface area contributed by atoms with E-state index < -0.39 is 10.0 Å². The zero-order chi connectivity index (χ0) is 22.2. The first kappa shape index (κ1) is 21.9. The van der Waals surface area contributed by atoms with Crippen molar-refractivity contribution in [1.29, 1.82) is 0 Å². The Morgan fingerprint density at radius 1 is 1.16 bits per heavy atom. The number of likely N-dealkylation sites (N-methyl/N-ethyl adjacent to an activating group) is 1. The van der Waals surface area contributed by atoms with Crippen LogP contribution in [0, 0.1) is 24.7 Å². The number of rotatable bonds is 4. The normalized spacial score (nSPS) is 23.1. The summed E-state index contributed by atoms with van der Waals surface area (Å²) in [6.45, 7) is 4.49. The minimum absolute atomic E-state index is 0.00637. The van der Waals surface area contributed by atoms with Crippen LogP contribution in [0.3, 0.4) is 0 Å². The van der Waals surface area contributed by atoms with Gasteiger partial charge in [-0.25, -0.2) is 8.42 Å². The van der Waals surface area contributed by atoms with Gasteiger partial charge in [0.25, 0.3) is 0 Å². The lowest BCUT2D eigenvalue weighted by atomic mass is 9.82. The number of anilines is 1. The Labute approximate surface area is 185 Å². The van der Waals surface area contributed by atoms with Gasteiger partial charge in [-0.2, -0.15) is 4.31 Å². The van der Waals surface area contributed by atoms with Crippen molar-refractivity contribution >= 4 is 15.7 Å². The summed E-state index contributed by atoms with van der Waals surface area (Å²) in [5.74, 6) is 6.44. The van der Waals surface area contributed by atoms with E-state index in [1.54, 1.807) is 16.4 Å². The van der Waals surface area contributed by atoms with Crippen LogP contribution in [0.15, 0.2) is 47.4 Å². The van der Waals surface area contributed by atoms with Gasteiger partial charge >= 0.3 is 0 Å². The third-order valence-electron chi connectivity index (χ3n) is 6.54. The van der Waals surface area contributed by atoms with E-state index in [-0.39, 0.29) is 24.6 Å². The van der Waals surface area contributed by atoms with Gasteiger partial charge in [0.1, 0.15) is 0 Å². The van der Waals surface area contributed by atoms with Crippen LogP contribution >= 0.6 is 0 Å². The van der Waals surface area contributed by atoms with Crippen molar-refractivity contribution in [3.63, 3.8) is 0 Å². The van der Waals surface area contributed by atoms with Gasteiger partial charge in [-0.15, -0.1) is 0 Å². The molecule has 1 N–H and O–H groups in total. The Bertz CT molecular complexity index is 1120. The predicted octanol–water partition coefficient (Wildman–Crippen LogP) is 3.71. The molecule has 0 radical (unpaired) electrons. The SMILES string of the molecule is CCCC#Cc1ccc2c(c1)[C@@H]1[C@@H](CCN1S(=O)(=O)c1ccc(C)cc1)[C@@H](CO)N2C. The third kappa shape index (κ3) is 3.87. The largest absolute Gasteiger partial charge is 0.394 e. The summed E-state index contributed by atoms with van der Waals surface area (Å²) in [6, 6.07) is 12.7. The molecule has 2 aromatic rings. The lowest BCUT2D eigenvalue weighted by Gasteiger charge is -2.44. The van der Waals surface area contributed by atoms with Gasteiger partial charge in [-0.05, 0) is 55.7 Å². The molecule has 0 aromatic heterocycles. The van der Waals surface area contributed by atoms with Gasteiger partial charge < -0.3 is 10.0 Å². The molecule has 0 amide bonds. The molecular formula is C25H30N2O3S. The zero-order valence-corrected chi connectivity index (χ0v) is 19.2. The van der Waals surface area contributed by atoms with Crippen LogP contribution in [0.1, 0.15) is 48.9 Å². The van der Waals surface area contributed by atoms with Crippen molar-refractivity contribution in [3.8, 4) is 11.8 Å². The van der Waals surface area contributed by atoms with E-state index in [1.807, 2.05) is 44.3 Å². The van der Waals surface area contributed by atoms with Gasteiger partial charge in [-0.1, -0.05) is 36.5 Å². The fraction of sp³-hybridized carbons (Fsp3) is 0.440. The minimum Gasteiger partial charge on any atom is -0.394 e. The predicted molar refractivity (Wildman–Crippen MR) is 123 cm³/mol. The summed E-state index contributed by atoms with van der Waals surface area (Å²) < 4.78 is 28.8. The number of benzene rings is 2. The van der Waals surface area contributed by atoms with Crippen LogP contribution in [0.5, 0.6) is 0 Å². The Hall–Kier alpha value is -2.33. The third-order valence-corrected chi connectivity index (χ3v) is 8.43. The van der Waals surface area contributed by atoms with Crippen LogP contribution in [0.25, 0.3) is 0 Å². The summed E-state index contributed by atoms with van der Waals surface area (Å²) in [5.41, 5.74) is 3.88. The number of aryl methyl sites for hydroxylation is 1. The van der Waals surface area contributed by atoms with Gasteiger partial charge in [0.05, 0.1) is 23.6 Å². The molecule has 5 nitrogen and oxygen atoms in total. The molecule has 0 bridgehead atoms. The first-order valence-corrected chi connectivity index (χ1v) is 12.4. The first-order chi connectivity index (χ1) is 14.9. The number of hydrogen-bond acceptors (Lipinski definition) is 4. The Morgan fingerprint density at radius 2 is 1.90 bits per heavy atom. The maximum absolute atomic E-state index is 13.6. The van der Waals surface area contributed by atoms with Crippen LogP contribution in [0.4, 0.5) is 5.69 Å². The highest BCUT2D eigenvalue weighted by Gasteiger charge is 2.50. The quantitative estimate of drug-likeness (QED) is 0.740. The summed E-state index contributed by atoms with van der Waals surface area (Å²) in [4.78, 5) is 2.42. The molecule has 2 aromatic carbocycles. The second-order valence-corrected chi connectivity index (χ2v) is 10.4. The van der Waals surface area contributed by atoms with Crippen molar-refractivity contribution in [1.82, 2.24) is 4.31 Å². The van der Waals surface area contributed by atoms with Crippen LogP contribution in [0.2, 0.25) is 0 Å². The van der Waals surface area contributed by atoms with E-state index >= 15 is 0 Å². The molecule has 2 aliphatic rings. The van der Waals surface area contributed by atoms with E-state index in [0.29, 0.717) is 11.4 Å². The van der Waals surface area contributed by atoms with Crippen molar-refractivity contribution in [2.45, 2.75) is 50.1 Å². The number of sulfonamides is 1. The summed E-state index contributed by atoms with van der Waals surface area (Å²) >= 11 is 0. The van der Waals surface area contributed by atoms with E-state index in [4.69, 9.17) is 0 Å². The second kappa shape index (κ2) is 8.66. The highest BCUT2D eigenvalue weighted by Crippen LogP contribution is 2.50. The lowest BCUT2D eigenvalue weighted by Crippen LogP contribution is -2.48. The summed E-state index contributed by atoms with van der Waals surface area (Å²) in [5, 5.41) is 10.1. The number of hydrogen-bond donors (Lipinski definition) is 1. The Morgan fingerprint density at radius 3 is 2.58 bits per heavy atom. The molecule has 0 aliphatic carbocycles. The maximum atomic E-state index is 13.6. The molecule has 0 unspecified atom stereocenters. The molecule has 164 valence electrons. The van der Waals surface area contributed by atoms with Gasteiger partial charge in [0, 0.05) is 37.2 Å². The molecule has 1 fully saturated rings. The fourth-order valence-electron chi connectivity index (χ4n) is 4.89. The van der Waals surface area contributed by atoms with E-state index in [2.05, 4.69) is 23.7 Å². The van der Waals surface area contributed by atoms with Crippen LogP contribution in [-0.2, 0) is 10.0 Å². The molecule has 2 aliphatic heterocycles. The first-order valence-electron chi connectivity index (χ1n) is 10.9. The molecule has 4 rings (SSSR count). The molecule has 31 heavy (non-hydrogen) atoms. The zero-order valence-electron chi connectivity index (χ0n) is 18.4. The van der Waals surface area contributed by atoms with Gasteiger partial charge in [0.15, 0.2) is 0 Å². The molecule has 3 atom stereocenters. The molecule has 1 saturated heterocycles. The highest BCUT2D eigenvalue weighted by atomic mass is 32.2. The maximum Gasteiger partial charge on any atom is 0.243 e. The minimum atomic E-state index is -3.65. The van der Waals surface area contributed by atoms with E-state index in [0.717, 1.165) is 41.6 Å². The molecule has 2 heterocycles. The molecule has 6 heteroatoms. The summed E-state index contributed by atoms with van der Waals surface area (Å²) in [7, 11) is -1.67. The lowest BCUT2D eigenvalue weighted by molar-refractivity contribution is 0.193. The Balaban J connectivity index is 1.81. The number of nitrogens with zero attached hydrogens (tertiary/aromatic N) is 2. The van der Waals surface area contributed by atoms with Gasteiger partial charge in [-0.3, -0.25) is 0 Å². The number of aliphatic hydroxyl groups is 1. The van der Waals surface area contributed by atoms with E-state index in [1.165, 1.54) is 0 Å². The molecule has 0 spiro atoms. The van der Waals surface area contributed by atoms with Crippen molar-refractivity contribution < 1.29 is 13.5 Å². The van der Waals surface area contributed by atoms with E-state index in [9.17, 15) is 13.5 Å². The highest BCUT2D eigenvalue weighted by molar-refractivity contribution is 7.89. The average molecular weight is 439 g/mol. The average Bonchev–Trinajstić information content (AvgIpc) is 3.20. The topological polar surface area (TPSA) is 60.9 Å². The summed E-state index contributed by atoms with van der Waals surface area (Å²) in [6.07, 6.45) is 2.56. The van der Waals surface area contributed by atoms with Crippen molar-refractivity contribution in [2.75, 3.05) is 25.1 Å². The Kier molecular flexibility index (Phi) is 6.11. The number of aliphatic hydroxyl groups excluding tert-OH is 1. The van der Waals surface area contributed by atoms with Gasteiger partial charge in [0.2, 0.25) is 10.0 Å².